The Bertz CT molecular complexity index is 1050. The van der Waals surface area contributed by atoms with Crippen LogP contribution in [0.4, 0.5) is 4.39 Å². The molecule has 0 atom stereocenters. The first-order valence-corrected chi connectivity index (χ1v) is 8.91. The third-order valence-corrected chi connectivity index (χ3v) is 4.67. The third-order valence-electron chi connectivity index (χ3n) is 4.67. The lowest BCUT2D eigenvalue weighted by molar-refractivity contribution is 0.0691. The van der Waals surface area contributed by atoms with Gasteiger partial charge in [-0.15, -0.1) is 0 Å². The van der Waals surface area contributed by atoms with Gasteiger partial charge >= 0.3 is 0 Å². The molecule has 0 fully saturated rings. The normalized spacial score (nSPS) is 13.1. The highest BCUT2D eigenvalue weighted by atomic mass is 19.1. The molecule has 0 N–H and O–H groups in total. The molecule has 0 bridgehead atoms. The van der Waals surface area contributed by atoms with Crippen LogP contribution in [0.3, 0.4) is 0 Å². The molecule has 3 aromatic rings. The molecule has 2 heterocycles. The zero-order valence-electron chi connectivity index (χ0n) is 15.1. The van der Waals surface area contributed by atoms with Gasteiger partial charge in [-0.1, -0.05) is 36.1 Å². The Morgan fingerprint density at radius 2 is 1.78 bits per heavy atom. The summed E-state index contributed by atoms with van der Waals surface area (Å²) in [6, 6.07) is 16.2. The standard InChI is InChI=1S/C23H19FN2O/c1-17-3-2-4-18(13-17)5-6-20-14-22-23(27)26(12-11-25(22)16-20)15-19-7-9-21(24)10-8-19/h2-4,7-10,13-14,16H,11-12,15H2,1H3. The molecule has 0 aliphatic carbocycles. The van der Waals surface area contributed by atoms with Crippen molar-refractivity contribution in [2.24, 2.45) is 0 Å². The van der Waals surface area contributed by atoms with Crippen molar-refractivity contribution >= 4 is 5.91 Å². The zero-order valence-corrected chi connectivity index (χ0v) is 15.1. The lowest BCUT2D eigenvalue weighted by Gasteiger charge is -2.28. The van der Waals surface area contributed by atoms with Crippen LogP contribution in [0.15, 0.2) is 60.8 Å². The summed E-state index contributed by atoms with van der Waals surface area (Å²) >= 11 is 0. The highest BCUT2D eigenvalue weighted by molar-refractivity contribution is 5.94. The van der Waals surface area contributed by atoms with Gasteiger partial charge in [0.05, 0.1) is 0 Å². The summed E-state index contributed by atoms with van der Waals surface area (Å²) in [4.78, 5) is 14.6. The summed E-state index contributed by atoms with van der Waals surface area (Å²) in [5, 5.41) is 0. The number of aryl methyl sites for hydroxylation is 1. The van der Waals surface area contributed by atoms with Crippen LogP contribution in [-0.4, -0.2) is 21.9 Å². The lowest BCUT2D eigenvalue weighted by Crippen LogP contribution is -2.39. The molecule has 1 aliphatic heterocycles. The molecule has 1 aromatic heterocycles. The van der Waals surface area contributed by atoms with Crippen LogP contribution < -0.4 is 0 Å². The van der Waals surface area contributed by atoms with E-state index in [0.29, 0.717) is 18.8 Å². The topological polar surface area (TPSA) is 25.2 Å². The fourth-order valence-electron chi connectivity index (χ4n) is 3.26. The Kier molecular flexibility index (Phi) is 4.52. The number of carbonyl (C=O) groups excluding carboxylic acids is 1. The molecule has 0 radical (unpaired) electrons. The largest absolute Gasteiger partial charge is 0.340 e. The van der Waals surface area contributed by atoms with Crippen LogP contribution in [0.5, 0.6) is 0 Å². The first kappa shape index (κ1) is 17.1. The highest BCUT2D eigenvalue weighted by Crippen LogP contribution is 2.18. The lowest BCUT2D eigenvalue weighted by atomic mass is 10.1. The molecule has 3 nitrogen and oxygen atoms in total. The van der Waals surface area contributed by atoms with Crippen molar-refractivity contribution in [1.82, 2.24) is 9.47 Å². The van der Waals surface area contributed by atoms with Gasteiger partial charge in [-0.3, -0.25) is 4.79 Å². The van der Waals surface area contributed by atoms with E-state index in [1.54, 1.807) is 17.0 Å². The van der Waals surface area contributed by atoms with Crippen LogP contribution >= 0.6 is 0 Å². The molecule has 0 spiro atoms. The number of benzene rings is 2. The first-order chi connectivity index (χ1) is 13.1. The molecule has 4 heteroatoms. The molecule has 0 saturated carbocycles. The molecule has 27 heavy (non-hydrogen) atoms. The summed E-state index contributed by atoms with van der Waals surface area (Å²) in [5.41, 5.74) is 4.54. The fraction of sp³-hybridized carbons (Fsp3) is 0.174. The average molecular weight is 358 g/mol. The highest BCUT2D eigenvalue weighted by Gasteiger charge is 2.25. The Balaban J connectivity index is 1.53. The monoisotopic (exact) mass is 358 g/mol. The van der Waals surface area contributed by atoms with Gasteiger partial charge in [-0.05, 0) is 48.4 Å². The van der Waals surface area contributed by atoms with E-state index >= 15 is 0 Å². The van der Waals surface area contributed by atoms with Gasteiger partial charge < -0.3 is 9.47 Å². The number of nitrogens with zero attached hydrogens (tertiary/aromatic N) is 2. The molecular formula is C23H19FN2O. The predicted molar refractivity (Wildman–Crippen MR) is 103 cm³/mol. The number of carbonyl (C=O) groups is 1. The summed E-state index contributed by atoms with van der Waals surface area (Å²) in [5.74, 6) is 6.02. The molecule has 134 valence electrons. The second-order valence-corrected chi connectivity index (χ2v) is 6.78. The van der Waals surface area contributed by atoms with Gasteiger partial charge in [0.15, 0.2) is 0 Å². The number of rotatable bonds is 2. The number of hydrogen-bond donors (Lipinski definition) is 0. The van der Waals surface area contributed by atoms with Gasteiger partial charge in [0.1, 0.15) is 11.5 Å². The number of hydrogen-bond acceptors (Lipinski definition) is 1. The van der Waals surface area contributed by atoms with Gasteiger partial charge in [-0.25, -0.2) is 4.39 Å². The van der Waals surface area contributed by atoms with Crippen LogP contribution in [0.2, 0.25) is 0 Å². The van der Waals surface area contributed by atoms with E-state index in [9.17, 15) is 9.18 Å². The summed E-state index contributed by atoms with van der Waals surface area (Å²) in [6.45, 7) is 3.88. The van der Waals surface area contributed by atoms with Gasteiger partial charge in [0.2, 0.25) is 0 Å². The van der Waals surface area contributed by atoms with E-state index in [1.807, 2.05) is 48.0 Å². The smallest absolute Gasteiger partial charge is 0.270 e. The van der Waals surface area contributed by atoms with Crippen molar-refractivity contribution in [2.75, 3.05) is 6.54 Å². The minimum atomic E-state index is -0.269. The second-order valence-electron chi connectivity index (χ2n) is 6.78. The Morgan fingerprint density at radius 1 is 1.00 bits per heavy atom. The number of aromatic nitrogens is 1. The van der Waals surface area contributed by atoms with Gasteiger partial charge in [0, 0.05) is 37.0 Å². The SMILES string of the molecule is Cc1cccc(C#Cc2cc3n(c2)CCN(Cc2ccc(F)cc2)C3=O)c1. The molecule has 2 aromatic carbocycles. The van der Waals surface area contributed by atoms with Crippen LogP contribution in [0.1, 0.15) is 32.7 Å². The van der Waals surface area contributed by atoms with Crippen molar-refractivity contribution in [3.8, 4) is 11.8 Å². The van der Waals surface area contributed by atoms with Crippen molar-refractivity contribution < 1.29 is 9.18 Å². The van der Waals surface area contributed by atoms with Crippen molar-refractivity contribution in [3.05, 3.63) is 94.6 Å². The molecule has 0 saturated heterocycles. The summed E-state index contributed by atoms with van der Waals surface area (Å²) < 4.78 is 15.0. The van der Waals surface area contributed by atoms with Crippen LogP contribution in [0.25, 0.3) is 0 Å². The first-order valence-electron chi connectivity index (χ1n) is 8.91. The summed E-state index contributed by atoms with van der Waals surface area (Å²) in [6.07, 6.45) is 1.94. The summed E-state index contributed by atoms with van der Waals surface area (Å²) in [7, 11) is 0. The quantitative estimate of drug-likeness (QED) is 0.636. The minimum Gasteiger partial charge on any atom is -0.340 e. The maximum Gasteiger partial charge on any atom is 0.270 e. The van der Waals surface area contributed by atoms with Gasteiger partial charge in [0.25, 0.3) is 5.91 Å². The number of amides is 1. The number of fused-ring (bicyclic) bond motifs is 1. The van der Waals surface area contributed by atoms with E-state index in [1.165, 1.54) is 17.7 Å². The van der Waals surface area contributed by atoms with E-state index in [-0.39, 0.29) is 11.7 Å². The Labute approximate surface area is 158 Å². The maximum atomic E-state index is 13.1. The molecule has 4 rings (SSSR count). The van der Waals surface area contributed by atoms with E-state index in [2.05, 4.69) is 11.8 Å². The Morgan fingerprint density at radius 3 is 2.56 bits per heavy atom. The van der Waals surface area contributed by atoms with E-state index in [0.717, 1.165) is 23.2 Å². The zero-order chi connectivity index (χ0) is 18.8. The van der Waals surface area contributed by atoms with E-state index in [4.69, 9.17) is 0 Å². The minimum absolute atomic E-state index is 0.0193. The predicted octanol–water partition coefficient (Wildman–Crippen LogP) is 3.99. The fourth-order valence-corrected chi connectivity index (χ4v) is 3.26. The average Bonchev–Trinajstić information content (AvgIpc) is 3.08. The molecule has 1 aliphatic rings. The molecule has 1 amide bonds. The van der Waals surface area contributed by atoms with Crippen LogP contribution in [0, 0.1) is 24.6 Å². The number of halogens is 1. The second kappa shape index (κ2) is 7.13. The van der Waals surface area contributed by atoms with Gasteiger partial charge in [-0.2, -0.15) is 0 Å². The van der Waals surface area contributed by atoms with Crippen molar-refractivity contribution in [2.45, 2.75) is 20.0 Å². The third kappa shape index (κ3) is 3.78. The molecule has 0 unspecified atom stereocenters. The van der Waals surface area contributed by atoms with Crippen molar-refractivity contribution in [1.29, 1.82) is 0 Å². The van der Waals surface area contributed by atoms with Crippen LogP contribution in [-0.2, 0) is 13.1 Å². The Hall–Kier alpha value is -3.32. The van der Waals surface area contributed by atoms with Crippen molar-refractivity contribution in [3.63, 3.8) is 0 Å². The van der Waals surface area contributed by atoms with E-state index < -0.39 is 0 Å². The molecular weight excluding hydrogens is 339 g/mol. The maximum absolute atomic E-state index is 13.1.